The van der Waals surface area contributed by atoms with Crippen molar-refractivity contribution in [2.75, 3.05) is 28.6 Å². The van der Waals surface area contributed by atoms with E-state index >= 15 is 0 Å². The topological polar surface area (TPSA) is 361 Å². The second-order valence-electron chi connectivity index (χ2n) is 16.8. The van der Waals surface area contributed by atoms with Gasteiger partial charge in [0.05, 0.1) is 62.0 Å². The molecule has 0 atom stereocenters. The number of hydrogen-bond acceptors (Lipinski definition) is 24. The highest BCUT2D eigenvalue weighted by molar-refractivity contribution is 7.85. The molecule has 3 aromatic heterocycles. The zero-order chi connectivity index (χ0) is 58.4. The van der Waals surface area contributed by atoms with E-state index in [4.69, 9.17) is 21.5 Å². The first-order valence-electron chi connectivity index (χ1n) is 23.9. The van der Waals surface area contributed by atoms with Gasteiger partial charge in [-0.2, -0.15) is 32.1 Å². The number of nitrogens with zero attached hydrogens (tertiary/aromatic N) is 14. The Kier molecular flexibility index (Phi) is 21.2. The Morgan fingerprint density at radius 3 is 1.39 bits per heavy atom. The van der Waals surface area contributed by atoms with Crippen LogP contribution in [0.3, 0.4) is 0 Å². The number of nitrogen functional groups attached to an aromatic ring is 1. The molecule has 3 N–H and O–H groups in total. The van der Waals surface area contributed by atoms with Crippen molar-refractivity contribution in [2.45, 2.75) is 25.9 Å². The lowest BCUT2D eigenvalue weighted by atomic mass is 10.2. The second-order valence-corrected chi connectivity index (χ2v) is 20.2. The molecule has 0 aliphatic heterocycles. The summed E-state index contributed by atoms with van der Waals surface area (Å²) in [6.07, 6.45) is 0.973. The molecule has 0 amide bonds. The van der Waals surface area contributed by atoms with E-state index in [2.05, 4.69) is 95.7 Å². The van der Waals surface area contributed by atoms with Gasteiger partial charge in [0.25, 0.3) is 17.1 Å². The van der Waals surface area contributed by atoms with Crippen molar-refractivity contribution in [3.8, 4) is 12.1 Å². The minimum absolute atomic E-state index is 0.00520. The lowest BCUT2D eigenvalue weighted by Gasteiger charge is -2.24. The first-order valence-corrected chi connectivity index (χ1v) is 27.6. The number of benzene rings is 7. The number of anilines is 3. The van der Waals surface area contributed by atoms with Crippen molar-refractivity contribution in [2.24, 2.45) is 19.9 Å². The fraction of sp³-hybridized carbons (Fsp3) is 0.113. The monoisotopic (exact) mass is 1180 g/mol. The molecule has 0 saturated carbocycles. The summed E-state index contributed by atoms with van der Waals surface area (Å²) in [5, 5.41) is 72.3. The van der Waals surface area contributed by atoms with Crippen LogP contribution in [0.25, 0.3) is 32.7 Å². The van der Waals surface area contributed by atoms with Gasteiger partial charge in [-0.3, -0.25) is 30.3 Å². The summed E-state index contributed by atoms with van der Waals surface area (Å²) in [6, 6.07) is 55.5. The number of rotatable bonds is 18. The van der Waals surface area contributed by atoms with Crippen LogP contribution in [-0.2, 0) is 27.7 Å². The third-order valence-corrected chi connectivity index (χ3v) is 14.0. The average Bonchev–Trinajstić information content (AvgIpc) is 4.45. The van der Waals surface area contributed by atoms with E-state index in [1.165, 1.54) is 53.6 Å². The van der Waals surface area contributed by atoms with Crippen LogP contribution in [0, 0.1) is 53.0 Å². The van der Waals surface area contributed by atoms with E-state index in [0.29, 0.717) is 68.9 Å². The van der Waals surface area contributed by atoms with Gasteiger partial charge in [0, 0.05) is 90.1 Å². The standard InChI is InChI=1S/C23H18N6O2S.C16H16N2.C7H4N4O6S2.C7H5N3O2S/c24-13-4-14-28(16-17-5-2-1-3-6-17)19-9-7-18(8-10-19)25-26-23-21-15-20(29(30)31)11-12-22(21)27-32-23;17-12-7-13-18(16-10-5-2-6-11-16)14-15-8-3-1-4-9-15;12-11(13)4-1-2-6-5(3-4)7(18-9-6)8-10-19(15,16)17-14;8-7-5-3-4(10(11)12)1-2-6(5)9-13-7/h1-3,5-12,15H,4,14,16H2;1-6,8-11H,7,13-14H2;1-3,14H;1-3H,8H2. The predicted octanol–water partition coefficient (Wildman–Crippen LogP) is 14.0. The number of aromatic nitrogens is 3. The third kappa shape index (κ3) is 16.9. The minimum atomic E-state index is -4.53. The van der Waals surface area contributed by atoms with Crippen LogP contribution in [0.4, 0.5) is 49.1 Å². The molecule has 0 radical (unpaired) electrons. The Morgan fingerprint density at radius 2 is 0.951 bits per heavy atom. The van der Waals surface area contributed by atoms with Gasteiger partial charge >= 0.3 is 10.3 Å². The number of hydrogen-bond donors (Lipinski definition) is 2. The van der Waals surface area contributed by atoms with Crippen molar-refractivity contribution >= 4 is 127 Å². The van der Waals surface area contributed by atoms with Gasteiger partial charge < -0.3 is 15.5 Å². The predicted molar refractivity (Wildman–Crippen MR) is 313 cm³/mol. The number of nitriles is 2. The molecule has 0 aliphatic carbocycles. The number of para-hydroxylation sites is 1. The molecule has 10 aromatic rings. The van der Waals surface area contributed by atoms with Crippen molar-refractivity contribution in [3.63, 3.8) is 0 Å². The van der Waals surface area contributed by atoms with Gasteiger partial charge in [0.15, 0.2) is 10.0 Å². The molecular formula is C53H43N15O10S4. The molecule has 10 rings (SSSR count). The van der Waals surface area contributed by atoms with Crippen molar-refractivity contribution < 1.29 is 32.8 Å². The lowest BCUT2D eigenvalue weighted by Crippen LogP contribution is -2.23. The molecule has 29 heteroatoms. The van der Waals surface area contributed by atoms with Crippen LogP contribution < -0.4 is 15.5 Å². The maximum absolute atomic E-state index is 11.0. The Hall–Kier alpha value is -10.1. The van der Waals surface area contributed by atoms with Crippen LogP contribution in [0.15, 0.2) is 190 Å². The number of azo groups is 1. The molecule has 7 aromatic carbocycles. The SMILES string of the molecule is N#CCCN(Cc1ccccc1)c1ccc(N=Nc2snc3ccc([N+](=O)[O-])cc23)cc1.N#CCCN(Cc1ccccc1)c1ccccc1.Nc1snc2ccc([N+](=O)[O-])cc12.O=[N+]([O-])c1ccc2nsc(N=NS(=O)(=O)OO)c2c1. The minimum Gasteiger partial charge on any atom is -0.389 e. The number of non-ortho nitro benzene ring substituents is 3. The fourth-order valence-electron chi connectivity index (χ4n) is 7.42. The van der Waals surface area contributed by atoms with E-state index in [0.717, 1.165) is 59.1 Å². The molecule has 25 nitrogen and oxygen atoms in total. The summed E-state index contributed by atoms with van der Waals surface area (Å²) < 4.78 is 39.6. The van der Waals surface area contributed by atoms with E-state index < -0.39 is 25.1 Å². The molecule has 3 heterocycles. The lowest BCUT2D eigenvalue weighted by molar-refractivity contribution is -0.384. The Morgan fingerprint density at radius 1 is 0.549 bits per heavy atom. The van der Waals surface area contributed by atoms with Gasteiger partial charge in [0.2, 0.25) is 0 Å². The van der Waals surface area contributed by atoms with Crippen molar-refractivity contribution in [3.05, 3.63) is 211 Å². The molecule has 0 unspecified atom stereocenters. The molecule has 414 valence electrons. The largest absolute Gasteiger partial charge is 0.425 e. The smallest absolute Gasteiger partial charge is 0.389 e. The normalized spacial score (nSPS) is 10.9. The second kappa shape index (κ2) is 29.2. The Bertz CT molecular complexity index is 4060. The number of nitro benzene ring substituents is 3. The quantitative estimate of drug-likeness (QED) is 0.0349. The van der Waals surface area contributed by atoms with Gasteiger partial charge in [0.1, 0.15) is 5.00 Å². The van der Waals surface area contributed by atoms with Crippen LogP contribution in [0.1, 0.15) is 24.0 Å². The van der Waals surface area contributed by atoms with E-state index in [1.807, 2.05) is 78.9 Å². The molecule has 82 heavy (non-hydrogen) atoms. The number of fused-ring (bicyclic) bond motifs is 3. The highest BCUT2D eigenvalue weighted by Crippen LogP contribution is 2.36. The fourth-order valence-corrected chi connectivity index (χ4v) is 9.66. The molecule has 0 bridgehead atoms. The molecule has 0 spiro atoms. The summed E-state index contributed by atoms with van der Waals surface area (Å²) in [5.74, 6) is 0. The molecule has 0 fully saturated rings. The number of nitro groups is 3. The first kappa shape index (κ1) is 59.5. The maximum Gasteiger partial charge on any atom is 0.425 e. The summed E-state index contributed by atoms with van der Waals surface area (Å²) in [7, 11) is -4.53. The van der Waals surface area contributed by atoms with E-state index in [9.17, 15) is 38.8 Å². The van der Waals surface area contributed by atoms with Crippen LogP contribution in [-0.4, -0.2) is 54.7 Å². The van der Waals surface area contributed by atoms with E-state index in [1.54, 1.807) is 12.1 Å². The van der Waals surface area contributed by atoms with Crippen LogP contribution in [0.5, 0.6) is 0 Å². The molecule has 0 saturated heterocycles. The summed E-state index contributed by atoms with van der Waals surface area (Å²) in [4.78, 5) is 35.0. The Labute approximate surface area is 478 Å². The third-order valence-electron chi connectivity index (χ3n) is 11.3. The first-order chi connectivity index (χ1) is 39.6. The van der Waals surface area contributed by atoms with Crippen LogP contribution in [0.2, 0.25) is 0 Å². The van der Waals surface area contributed by atoms with Crippen molar-refractivity contribution in [1.82, 2.24) is 13.1 Å². The van der Waals surface area contributed by atoms with E-state index in [-0.39, 0.29) is 27.4 Å². The highest BCUT2D eigenvalue weighted by atomic mass is 32.2. The van der Waals surface area contributed by atoms with Crippen LogP contribution >= 0.6 is 34.6 Å². The highest BCUT2D eigenvalue weighted by Gasteiger charge is 2.16. The zero-order valence-electron chi connectivity index (χ0n) is 42.5. The van der Waals surface area contributed by atoms with Gasteiger partial charge in [-0.15, -0.1) is 15.3 Å². The van der Waals surface area contributed by atoms with Gasteiger partial charge in [-0.25, -0.2) is 5.26 Å². The van der Waals surface area contributed by atoms with Gasteiger partial charge in [-0.1, -0.05) is 83.2 Å². The average molecular weight is 1180 g/mol. The summed E-state index contributed by atoms with van der Waals surface area (Å²) in [5.41, 5.74) is 12.4. The summed E-state index contributed by atoms with van der Waals surface area (Å²) in [6.45, 7) is 2.93. The molecular weight excluding hydrogens is 1130 g/mol. The summed E-state index contributed by atoms with van der Waals surface area (Å²) >= 11 is 3.09. The molecule has 0 aliphatic rings. The van der Waals surface area contributed by atoms with Crippen molar-refractivity contribution in [1.29, 1.82) is 10.5 Å². The Balaban J connectivity index is 0.000000167. The zero-order valence-corrected chi connectivity index (χ0v) is 45.8. The van der Waals surface area contributed by atoms with Gasteiger partial charge in [-0.05, 0) is 105 Å². The number of nitrogens with two attached hydrogens (primary N) is 1. The maximum atomic E-state index is 11.0.